The van der Waals surface area contributed by atoms with Crippen LogP contribution in [-0.2, 0) is 11.4 Å². The number of amides is 1. The molecule has 4 aromatic carbocycles. The molecule has 1 saturated heterocycles. The van der Waals surface area contributed by atoms with Crippen LogP contribution < -0.4 is 9.64 Å². The molecule has 1 amide bonds. The Kier molecular flexibility index (Phi) is 8.00. The zero-order valence-corrected chi connectivity index (χ0v) is 23.3. The van der Waals surface area contributed by atoms with E-state index in [1.165, 1.54) is 23.9 Å². The molecule has 0 saturated carbocycles. The summed E-state index contributed by atoms with van der Waals surface area (Å²) in [6.07, 6.45) is 1.75. The molecule has 0 radical (unpaired) electrons. The Balaban J connectivity index is 1.47. The van der Waals surface area contributed by atoms with E-state index in [1.54, 1.807) is 41.3 Å². The van der Waals surface area contributed by atoms with Gasteiger partial charge in [-0.1, -0.05) is 47.0 Å². The molecule has 5 rings (SSSR count). The first-order valence-corrected chi connectivity index (χ1v) is 13.6. The molecular weight excluding hydrogens is 546 g/mol. The molecule has 1 aliphatic rings. The van der Waals surface area contributed by atoms with Crippen LogP contribution in [0, 0.1) is 24.0 Å². The number of anilines is 1. The average Bonchev–Trinajstić information content (AvgIpc) is 3.24. The fourth-order valence-corrected chi connectivity index (χ4v) is 5.15. The van der Waals surface area contributed by atoms with Crippen LogP contribution in [-0.4, -0.2) is 16.0 Å². The van der Waals surface area contributed by atoms with E-state index in [1.807, 2.05) is 62.4 Å². The number of aliphatic imine (C=N–C) groups is 1. The highest BCUT2D eigenvalue weighted by Crippen LogP contribution is 2.39. The largest absolute Gasteiger partial charge is 0.488 e. The number of carbonyl (C=O) groups is 1. The molecule has 0 N–H and O–H groups in total. The Morgan fingerprint density at radius 1 is 0.950 bits per heavy atom. The van der Waals surface area contributed by atoms with Gasteiger partial charge in [0.2, 0.25) is 0 Å². The van der Waals surface area contributed by atoms with Crippen molar-refractivity contribution >= 4 is 57.6 Å². The van der Waals surface area contributed by atoms with Gasteiger partial charge in [0.1, 0.15) is 12.4 Å². The maximum absolute atomic E-state index is 13.7. The number of rotatable bonds is 7. The Morgan fingerprint density at radius 2 is 1.60 bits per heavy atom. The van der Waals surface area contributed by atoms with Crippen molar-refractivity contribution in [2.75, 3.05) is 4.90 Å². The minimum Gasteiger partial charge on any atom is -0.488 e. The minimum absolute atomic E-state index is 0.0127. The number of aryl methyl sites for hydroxylation is 2. The molecular formula is C31H24ClN3O4S. The van der Waals surface area contributed by atoms with E-state index >= 15 is 0 Å². The van der Waals surface area contributed by atoms with E-state index in [-0.39, 0.29) is 18.2 Å². The maximum Gasteiger partial charge on any atom is 0.271 e. The summed E-state index contributed by atoms with van der Waals surface area (Å²) in [4.78, 5) is 31.1. The zero-order valence-electron chi connectivity index (χ0n) is 21.7. The van der Waals surface area contributed by atoms with Gasteiger partial charge in [-0.2, -0.15) is 0 Å². The minimum atomic E-state index is -0.444. The van der Waals surface area contributed by atoms with E-state index in [0.29, 0.717) is 26.4 Å². The van der Waals surface area contributed by atoms with Gasteiger partial charge in [-0.05, 0) is 91.8 Å². The summed E-state index contributed by atoms with van der Waals surface area (Å²) >= 11 is 7.59. The maximum atomic E-state index is 13.7. The van der Waals surface area contributed by atoms with Crippen molar-refractivity contribution in [2.45, 2.75) is 20.5 Å². The number of amidine groups is 1. The molecule has 0 aliphatic carbocycles. The van der Waals surface area contributed by atoms with Gasteiger partial charge in [0, 0.05) is 22.7 Å². The number of nitro groups is 1. The monoisotopic (exact) mass is 569 g/mol. The van der Waals surface area contributed by atoms with E-state index in [0.717, 1.165) is 28.1 Å². The predicted molar refractivity (Wildman–Crippen MR) is 161 cm³/mol. The summed E-state index contributed by atoms with van der Waals surface area (Å²) in [6, 6.07) is 26.9. The summed E-state index contributed by atoms with van der Waals surface area (Å²) in [6.45, 7) is 4.19. The van der Waals surface area contributed by atoms with E-state index in [4.69, 9.17) is 21.3 Å². The number of ether oxygens (including phenoxy) is 1. The molecule has 9 heteroatoms. The number of halogens is 1. The molecule has 40 heavy (non-hydrogen) atoms. The van der Waals surface area contributed by atoms with Crippen LogP contribution >= 0.6 is 23.4 Å². The second-order valence-electron chi connectivity index (χ2n) is 9.21. The van der Waals surface area contributed by atoms with Crippen molar-refractivity contribution in [1.29, 1.82) is 0 Å². The molecule has 1 fully saturated rings. The summed E-state index contributed by atoms with van der Waals surface area (Å²) < 4.78 is 6.04. The molecule has 0 atom stereocenters. The number of carbonyl (C=O) groups excluding carboxylic acids is 1. The summed E-state index contributed by atoms with van der Waals surface area (Å²) in [7, 11) is 0. The first-order valence-electron chi connectivity index (χ1n) is 12.4. The molecule has 1 aliphatic heterocycles. The zero-order chi connectivity index (χ0) is 28.2. The summed E-state index contributed by atoms with van der Waals surface area (Å²) in [5.41, 5.74) is 5.09. The number of nitro benzene ring substituents is 1. The third-order valence-corrected chi connectivity index (χ3v) is 7.36. The van der Waals surface area contributed by atoms with Crippen LogP contribution in [0.5, 0.6) is 5.75 Å². The second-order valence-corrected chi connectivity index (χ2v) is 10.7. The first kappa shape index (κ1) is 27.2. The van der Waals surface area contributed by atoms with Crippen molar-refractivity contribution in [3.05, 3.63) is 133 Å². The Bertz CT molecular complexity index is 1630. The number of non-ortho nitro benzene ring substituents is 1. The van der Waals surface area contributed by atoms with Gasteiger partial charge >= 0.3 is 0 Å². The highest BCUT2D eigenvalue weighted by molar-refractivity contribution is 8.19. The number of hydrogen-bond acceptors (Lipinski definition) is 6. The van der Waals surface area contributed by atoms with Crippen LogP contribution in [0.25, 0.3) is 6.08 Å². The molecule has 1 heterocycles. The number of nitrogens with zero attached hydrogens (tertiary/aromatic N) is 3. The van der Waals surface area contributed by atoms with Crippen molar-refractivity contribution in [3.8, 4) is 5.75 Å². The smallest absolute Gasteiger partial charge is 0.271 e. The van der Waals surface area contributed by atoms with Crippen molar-refractivity contribution < 1.29 is 14.5 Å². The van der Waals surface area contributed by atoms with E-state index in [9.17, 15) is 14.9 Å². The SMILES string of the molecule is Cc1ccc(N=C2S/C(=C\c3cc(Cl)ccc3OCc3ccc([N+](=O)[O-])cc3)C(=O)N2c2ccc(C)cc2)cc1. The second kappa shape index (κ2) is 11.8. The topological polar surface area (TPSA) is 85.0 Å². The number of hydrogen-bond donors (Lipinski definition) is 0. The van der Waals surface area contributed by atoms with Crippen LogP contribution in [0.1, 0.15) is 22.3 Å². The third-order valence-electron chi connectivity index (χ3n) is 6.16. The molecule has 4 aromatic rings. The van der Waals surface area contributed by atoms with E-state index < -0.39 is 4.92 Å². The van der Waals surface area contributed by atoms with Crippen LogP contribution in [0.4, 0.5) is 17.1 Å². The quantitative estimate of drug-likeness (QED) is 0.127. The van der Waals surface area contributed by atoms with Crippen LogP contribution in [0.3, 0.4) is 0 Å². The summed E-state index contributed by atoms with van der Waals surface area (Å²) in [5, 5.41) is 12.0. The molecule has 0 aromatic heterocycles. The lowest BCUT2D eigenvalue weighted by Crippen LogP contribution is -2.28. The van der Waals surface area contributed by atoms with Gasteiger partial charge < -0.3 is 4.74 Å². The third kappa shape index (κ3) is 6.25. The lowest BCUT2D eigenvalue weighted by atomic mass is 10.1. The Morgan fingerprint density at radius 3 is 2.25 bits per heavy atom. The Hall–Kier alpha value is -4.40. The van der Waals surface area contributed by atoms with Crippen molar-refractivity contribution in [2.24, 2.45) is 4.99 Å². The normalized spacial score (nSPS) is 15.2. The van der Waals surface area contributed by atoms with Gasteiger partial charge in [0.05, 0.1) is 21.2 Å². The van der Waals surface area contributed by atoms with E-state index in [2.05, 4.69) is 0 Å². The number of benzene rings is 4. The highest BCUT2D eigenvalue weighted by Gasteiger charge is 2.35. The fourth-order valence-electron chi connectivity index (χ4n) is 3.98. The molecule has 0 bridgehead atoms. The van der Waals surface area contributed by atoms with Crippen molar-refractivity contribution in [3.63, 3.8) is 0 Å². The lowest BCUT2D eigenvalue weighted by molar-refractivity contribution is -0.384. The van der Waals surface area contributed by atoms with Gasteiger partial charge in [0.15, 0.2) is 5.17 Å². The van der Waals surface area contributed by atoms with Gasteiger partial charge in [-0.15, -0.1) is 0 Å². The lowest BCUT2D eigenvalue weighted by Gasteiger charge is -2.16. The molecule has 0 unspecified atom stereocenters. The molecule has 7 nitrogen and oxygen atoms in total. The standard InChI is InChI=1S/C31H24ClN3O4S/c1-20-3-10-25(11-4-20)33-31-34(26-12-5-21(2)6-13-26)30(36)29(40-31)18-23-17-24(32)9-16-28(23)39-19-22-7-14-27(15-8-22)35(37)38/h3-18H,19H2,1-2H3/b29-18-,33-31?. The number of thioether (sulfide) groups is 1. The molecule has 200 valence electrons. The highest BCUT2D eigenvalue weighted by atomic mass is 35.5. The van der Waals surface area contributed by atoms with Crippen molar-refractivity contribution in [1.82, 2.24) is 0 Å². The molecule has 0 spiro atoms. The first-order chi connectivity index (χ1) is 19.3. The van der Waals surface area contributed by atoms with Gasteiger partial charge in [-0.3, -0.25) is 19.8 Å². The van der Waals surface area contributed by atoms with Gasteiger partial charge in [-0.25, -0.2) is 4.99 Å². The predicted octanol–water partition coefficient (Wildman–Crippen LogP) is 8.25. The fraction of sp³-hybridized carbons (Fsp3) is 0.0968. The average molecular weight is 570 g/mol. The Labute approximate surface area is 240 Å². The van der Waals surface area contributed by atoms with Crippen LogP contribution in [0.2, 0.25) is 5.02 Å². The van der Waals surface area contributed by atoms with Crippen LogP contribution in [0.15, 0.2) is 101 Å². The van der Waals surface area contributed by atoms with Gasteiger partial charge in [0.25, 0.3) is 11.6 Å². The summed E-state index contributed by atoms with van der Waals surface area (Å²) in [5.74, 6) is 0.315.